The van der Waals surface area contributed by atoms with Crippen LogP contribution in [0.15, 0.2) is 36.4 Å². The topological polar surface area (TPSA) is 50.1 Å². The summed E-state index contributed by atoms with van der Waals surface area (Å²) in [5.74, 6) is 0.289. The van der Waals surface area contributed by atoms with Gasteiger partial charge in [0.2, 0.25) is 0 Å². The largest absolute Gasteiger partial charge is 0.396 e. The summed E-state index contributed by atoms with van der Waals surface area (Å²) >= 11 is 5.95. The van der Waals surface area contributed by atoms with Gasteiger partial charge in [-0.3, -0.25) is 4.68 Å². The molecule has 2 N–H and O–H groups in total. The maximum atomic E-state index is 9.22. The maximum absolute atomic E-state index is 9.22. The molecule has 0 saturated heterocycles. The van der Waals surface area contributed by atoms with Crippen LogP contribution in [0.5, 0.6) is 0 Å². The second-order valence-electron chi connectivity index (χ2n) is 6.48. The number of nitrogens with zero attached hydrogens (tertiary/aromatic N) is 2. The van der Waals surface area contributed by atoms with Gasteiger partial charge in [0.25, 0.3) is 0 Å². The van der Waals surface area contributed by atoms with Gasteiger partial charge in [0, 0.05) is 41.4 Å². The molecule has 5 heteroatoms. The highest BCUT2D eigenvalue weighted by Gasteiger charge is 2.19. The molecular formula is C19H24ClN3O. The molecule has 0 saturated carbocycles. The van der Waals surface area contributed by atoms with Crippen molar-refractivity contribution >= 4 is 11.6 Å². The zero-order valence-electron chi connectivity index (χ0n) is 14.2. The third kappa shape index (κ3) is 3.89. The van der Waals surface area contributed by atoms with Gasteiger partial charge in [0.15, 0.2) is 0 Å². The van der Waals surface area contributed by atoms with E-state index in [0.29, 0.717) is 6.04 Å². The fraction of sp³-hybridized carbons (Fsp3) is 0.421. The van der Waals surface area contributed by atoms with Gasteiger partial charge >= 0.3 is 0 Å². The number of benzene rings is 1. The number of hydrogen-bond acceptors (Lipinski definition) is 3. The molecule has 0 fully saturated rings. The van der Waals surface area contributed by atoms with E-state index >= 15 is 0 Å². The minimum atomic E-state index is 0.228. The van der Waals surface area contributed by atoms with Crippen molar-refractivity contribution in [3.8, 4) is 0 Å². The van der Waals surface area contributed by atoms with Crippen LogP contribution in [0.4, 0.5) is 0 Å². The van der Waals surface area contributed by atoms with Crippen LogP contribution in [-0.4, -0.2) is 27.5 Å². The summed E-state index contributed by atoms with van der Waals surface area (Å²) in [6.07, 6.45) is 5.22. The number of aliphatic hydroxyl groups is 1. The lowest BCUT2D eigenvalue weighted by atomic mass is 10.1. The monoisotopic (exact) mass is 345 g/mol. The number of aromatic nitrogens is 2. The van der Waals surface area contributed by atoms with Gasteiger partial charge in [-0.1, -0.05) is 35.9 Å². The molecule has 4 nitrogen and oxygen atoms in total. The van der Waals surface area contributed by atoms with E-state index in [1.807, 2.05) is 24.3 Å². The zero-order valence-corrected chi connectivity index (χ0v) is 14.9. The molecule has 1 aliphatic carbocycles. The summed E-state index contributed by atoms with van der Waals surface area (Å²) in [6, 6.07) is 8.23. The molecule has 1 aromatic carbocycles. The molecule has 1 heterocycles. The van der Waals surface area contributed by atoms with Crippen molar-refractivity contribution in [1.82, 2.24) is 15.1 Å². The molecule has 0 amide bonds. The average Bonchev–Trinajstić information content (AvgIpc) is 3.13. The Bertz CT molecular complexity index is 721. The average molecular weight is 346 g/mol. The predicted molar refractivity (Wildman–Crippen MR) is 97.2 cm³/mol. The van der Waals surface area contributed by atoms with Crippen molar-refractivity contribution < 1.29 is 5.11 Å². The molecule has 1 aliphatic rings. The number of halogens is 1. The number of aliphatic hydroxyl groups excluding tert-OH is 1. The van der Waals surface area contributed by atoms with Gasteiger partial charge in [-0.25, -0.2) is 0 Å². The van der Waals surface area contributed by atoms with Crippen molar-refractivity contribution in [3.05, 3.63) is 64.0 Å². The van der Waals surface area contributed by atoms with E-state index in [4.69, 9.17) is 11.6 Å². The first-order chi connectivity index (χ1) is 11.6. The van der Waals surface area contributed by atoms with Gasteiger partial charge in [0.1, 0.15) is 0 Å². The Morgan fingerprint density at radius 1 is 1.25 bits per heavy atom. The van der Waals surface area contributed by atoms with Crippen LogP contribution < -0.4 is 5.32 Å². The summed E-state index contributed by atoms with van der Waals surface area (Å²) in [5.41, 5.74) is 4.70. The van der Waals surface area contributed by atoms with E-state index in [0.717, 1.165) is 30.2 Å². The SMILES string of the molecule is Cc1nn(Cc2ccc(Cl)cc2)c(C)c1CN[C@@H]1C=C[C@H](CO)C1. The lowest BCUT2D eigenvalue weighted by Crippen LogP contribution is -2.26. The molecule has 128 valence electrons. The maximum Gasteiger partial charge on any atom is 0.0662 e. The van der Waals surface area contributed by atoms with E-state index in [2.05, 4.69) is 41.1 Å². The molecular weight excluding hydrogens is 322 g/mol. The van der Waals surface area contributed by atoms with Crippen LogP contribution in [0, 0.1) is 19.8 Å². The second kappa shape index (κ2) is 7.51. The normalized spacial score (nSPS) is 20.0. The van der Waals surface area contributed by atoms with Gasteiger partial charge in [-0.15, -0.1) is 0 Å². The Labute approximate surface area is 148 Å². The quantitative estimate of drug-likeness (QED) is 0.790. The van der Waals surface area contributed by atoms with Crippen LogP contribution in [0.1, 0.15) is 28.9 Å². The van der Waals surface area contributed by atoms with E-state index in [-0.39, 0.29) is 12.5 Å². The summed E-state index contributed by atoms with van der Waals surface area (Å²) in [4.78, 5) is 0. The fourth-order valence-corrected chi connectivity index (χ4v) is 3.33. The highest BCUT2D eigenvalue weighted by molar-refractivity contribution is 6.30. The molecule has 0 aliphatic heterocycles. The van der Waals surface area contributed by atoms with Crippen LogP contribution in [0.2, 0.25) is 5.02 Å². The second-order valence-corrected chi connectivity index (χ2v) is 6.92. The Morgan fingerprint density at radius 2 is 2.00 bits per heavy atom. The molecule has 0 radical (unpaired) electrons. The van der Waals surface area contributed by atoms with Crippen molar-refractivity contribution in [2.24, 2.45) is 5.92 Å². The lowest BCUT2D eigenvalue weighted by Gasteiger charge is -2.13. The highest BCUT2D eigenvalue weighted by Crippen LogP contribution is 2.20. The van der Waals surface area contributed by atoms with Crippen molar-refractivity contribution in [1.29, 1.82) is 0 Å². The van der Waals surface area contributed by atoms with Gasteiger partial charge < -0.3 is 10.4 Å². The molecule has 2 atom stereocenters. The van der Waals surface area contributed by atoms with Gasteiger partial charge in [-0.2, -0.15) is 5.10 Å². The number of nitrogens with one attached hydrogen (secondary N) is 1. The molecule has 3 rings (SSSR count). The Hall–Kier alpha value is -1.62. The smallest absolute Gasteiger partial charge is 0.0662 e. The Morgan fingerprint density at radius 3 is 2.67 bits per heavy atom. The number of hydrogen-bond donors (Lipinski definition) is 2. The predicted octanol–water partition coefficient (Wildman–Crippen LogP) is 3.23. The summed E-state index contributed by atoms with van der Waals surface area (Å²) in [7, 11) is 0. The van der Waals surface area contributed by atoms with Crippen LogP contribution in [0.3, 0.4) is 0 Å². The lowest BCUT2D eigenvalue weighted by molar-refractivity contribution is 0.246. The third-order valence-electron chi connectivity index (χ3n) is 4.72. The first-order valence-corrected chi connectivity index (χ1v) is 8.74. The Balaban J connectivity index is 1.65. The first kappa shape index (κ1) is 17.2. The minimum absolute atomic E-state index is 0.228. The number of rotatable bonds is 6. The fourth-order valence-electron chi connectivity index (χ4n) is 3.20. The number of aryl methyl sites for hydroxylation is 1. The van der Waals surface area contributed by atoms with E-state index < -0.39 is 0 Å². The van der Waals surface area contributed by atoms with E-state index in [1.54, 1.807) is 0 Å². The first-order valence-electron chi connectivity index (χ1n) is 8.36. The summed E-state index contributed by atoms with van der Waals surface area (Å²) in [6.45, 7) is 5.95. The molecule has 0 bridgehead atoms. The molecule has 0 unspecified atom stereocenters. The van der Waals surface area contributed by atoms with E-state index in [1.165, 1.54) is 16.8 Å². The molecule has 1 aromatic heterocycles. The van der Waals surface area contributed by atoms with Crippen LogP contribution in [0.25, 0.3) is 0 Å². The van der Waals surface area contributed by atoms with Gasteiger partial charge in [-0.05, 0) is 38.0 Å². The summed E-state index contributed by atoms with van der Waals surface area (Å²) < 4.78 is 2.05. The minimum Gasteiger partial charge on any atom is -0.396 e. The van der Waals surface area contributed by atoms with Crippen LogP contribution >= 0.6 is 11.6 Å². The highest BCUT2D eigenvalue weighted by atomic mass is 35.5. The van der Waals surface area contributed by atoms with Crippen molar-refractivity contribution in [2.45, 2.75) is 39.4 Å². The Kier molecular flexibility index (Phi) is 5.39. The third-order valence-corrected chi connectivity index (χ3v) is 4.98. The molecule has 24 heavy (non-hydrogen) atoms. The van der Waals surface area contributed by atoms with Gasteiger partial charge in [0.05, 0.1) is 12.2 Å². The van der Waals surface area contributed by atoms with Crippen molar-refractivity contribution in [2.75, 3.05) is 6.61 Å². The van der Waals surface area contributed by atoms with E-state index in [9.17, 15) is 5.11 Å². The molecule has 2 aromatic rings. The zero-order chi connectivity index (χ0) is 17.1. The van der Waals surface area contributed by atoms with Crippen LogP contribution in [-0.2, 0) is 13.1 Å². The standard InChI is InChI=1S/C19H24ClN3O/c1-13-19(10-21-18-8-5-16(9-18)12-24)14(2)23(22-13)11-15-3-6-17(20)7-4-15/h3-8,16,18,21,24H,9-12H2,1-2H3/t16-,18+/m0/s1. The summed E-state index contributed by atoms with van der Waals surface area (Å²) in [5, 5.41) is 18.2. The molecule has 0 spiro atoms. The van der Waals surface area contributed by atoms with Crippen molar-refractivity contribution in [3.63, 3.8) is 0 Å².